The van der Waals surface area contributed by atoms with E-state index in [0.29, 0.717) is 17.8 Å². The van der Waals surface area contributed by atoms with Gasteiger partial charge in [-0.15, -0.1) is 0 Å². The SMILES string of the molecule is CC1=COC(O)[C@@H]2[C@@H]1CC[C@@H]2C. The van der Waals surface area contributed by atoms with Gasteiger partial charge >= 0.3 is 0 Å². The maximum absolute atomic E-state index is 9.60. The predicted molar refractivity (Wildman–Crippen MR) is 46.2 cm³/mol. The maximum Gasteiger partial charge on any atom is 0.200 e. The van der Waals surface area contributed by atoms with E-state index in [2.05, 4.69) is 13.8 Å². The third-order valence-corrected chi connectivity index (χ3v) is 3.36. The number of rotatable bonds is 0. The monoisotopic (exact) mass is 168 g/mol. The Morgan fingerprint density at radius 1 is 1.50 bits per heavy atom. The van der Waals surface area contributed by atoms with Crippen molar-refractivity contribution < 1.29 is 9.84 Å². The van der Waals surface area contributed by atoms with Crippen molar-refractivity contribution in [3.8, 4) is 0 Å². The fourth-order valence-electron chi connectivity index (χ4n) is 2.59. The fourth-order valence-corrected chi connectivity index (χ4v) is 2.59. The standard InChI is InChI=1S/C10H16O2/c1-6-3-4-8-7(2)5-12-10(11)9(6)8/h5-6,8-11H,3-4H2,1-2H3/t6-,8+,9-,10?/m0/s1. The highest BCUT2D eigenvalue weighted by Gasteiger charge is 2.42. The molecule has 1 aliphatic heterocycles. The first kappa shape index (κ1) is 8.11. The summed E-state index contributed by atoms with van der Waals surface area (Å²) >= 11 is 0. The number of aliphatic hydroxyl groups excluding tert-OH is 1. The smallest absolute Gasteiger partial charge is 0.200 e. The molecule has 0 aromatic carbocycles. The third kappa shape index (κ3) is 1.06. The summed E-state index contributed by atoms with van der Waals surface area (Å²) in [6, 6.07) is 0. The van der Waals surface area contributed by atoms with E-state index >= 15 is 0 Å². The maximum atomic E-state index is 9.60. The molecule has 2 nitrogen and oxygen atoms in total. The highest BCUT2D eigenvalue weighted by atomic mass is 16.6. The summed E-state index contributed by atoms with van der Waals surface area (Å²) in [6.45, 7) is 4.30. The van der Waals surface area contributed by atoms with E-state index in [1.165, 1.54) is 18.4 Å². The van der Waals surface area contributed by atoms with Crippen LogP contribution < -0.4 is 0 Å². The molecule has 0 radical (unpaired) electrons. The summed E-state index contributed by atoms with van der Waals surface area (Å²) < 4.78 is 5.17. The second-order valence-electron chi connectivity index (χ2n) is 4.13. The molecule has 1 N–H and O–H groups in total. The lowest BCUT2D eigenvalue weighted by molar-refractivity contribution is -0.121. The largest absolute Gasteiger partial charge is 0.472 e. The second kappa shape index (κ2) is 2.77. The highest BCUT2D eigenvalue weighted by Crippen LogP contribution is 2.45. The van der Waals surface area contributed by atoms with E-state index < -0.39 is 6.29 Å². The van der Waals surface area contributed by atoms with E-state index in [9.17, 15) is 5.11 Å². The normalized spacial score (nSPS) is 46.4. The first-order valence-corrected chi connectivity index (χ1v) is 4.70. The highest BCUT2D eigenvalue weighted by molar-refractivity contribution is 5.09. The zero-order chi connectivity index (χ0) is 8.72. The Balaban J connectivity index is 2.23. The lowest BCUT2D eigenvalue weighted by Crippen LogP contribution is -2.32. The zero-order valence-corrected chi connectivity index (χ0v) is 7.66. The van der Waals surface area contributed by atoms with Crippen LogP contribution in [0.3, 0.4) is 0 Å². The molecule has 0 bridgehead atoms. The molecule has 0 aromatic rings. The summed E-state index contributed by atoms with van der Waals surface area (Å²) in [4.78, 5) is 0. The number of hydrogen-bond donors (Lipinski definition) is 1. The van der Waals surface area contributed by atoms with Crippen LogP contribution in [0, 0.1) is 17.8 Å². The Morgan fingerprint density at radius 2 is 2.25 bits per heavy atom. The Morgan fingerprint density at radius 3 is 2.92 bits per heavy atom. The molecule has 12 heavy (non-hydrogen) atoms. The van der Waals surface area contributed by atoms with Crippen LogP contribution in [0.5, 0.6) is 0 Å². The van der Waals surface area contributed by atoms with Crippen molar-refractivity contribution in [1.29, 1.82) is 0 Å². The van der Waals surface area contributed by atoms with Gasteiger partial charge in [0.25, 0.3) is 0 Å². The van der Waals surface area contributed by atoms with Gasteiger partial charge in [0.15, 0.2) is 6.29 Å². The molecular formula is C10H16O2. The Labute approximate surface area is 73.2 Å². The zero-order valence-electron chi connectivity index (χ0n) is 7.66. The molecule has 1 aliphatic carbocycles. The second-order valence-corrected chi connectivity index (χ2v) is 4.13. The van der Waals surface area contributed by atoms with Crippen molar-refractivity contribution in [3.05, 3.63) is 11.8 Å². The molecule has 1 heterocycles. The van der Waals surface area contributed by atoms with Crippen molar-refractivity contribution in [2.75, 3.05) is 0 Å². The van der Waals surface area contributed by atoms with E-state index in [0.717, 1.165) is 0 Å². The molecule has 1 fully saturated rings. The van der Waals surface area contributed by atoms with Crippen LogP contribution in [0.15, 0.2) is 11.8 Å². The lowest BCUT2D eigenvalue weighted by atomic mass is 9.84. The summed E-state index contributed by atoms with van der Waals surface area (Å²) in [5, 5.41) is 9.60. The molecule has 68 valence electrons. The van der Waals surface area contributed by atoms with Crippen molar-refractivity contribution in [3.63, 3.8) is 0 Å². The van der Waals surface area contributed by atoms with Crippen molar-refractivity contribution in [2.24, 2.45) is 17.8 Å². The molecule has 0 saturated heterocycles. The van der Waals surface area contributed by atoms with Gasteiger partial charge in [0.2, 0.25) is 0 Å². The minimum Gasteiger partial charge on any atom is -0.472 e. The van der Waals surface area contributed by atoms with Gasteiger partial charge in [-0.2, -0.15) is 0 Å². The van der Waals surface area contributed by atoms with Gasteiger partial charge in [0.1, 0.15) is 0 Å². The fraction of sp³-hybridized carbons (Fsp3) is 0.800. The summed E-state index contributed by atoms with van der Waals surface area (Å²) in [7, 11) is 0. The van der Waals surface area contributed by atoms with Crippen LogP contribution in [-0.2, 0) is 4.74 Å². The molecule has 2 aliphatic rings. The van der Waals surface area contributed by atoms with Gasteiger partial charge in [0.05, 0.1) is 6.26 Å². The van der Waals surface area contributed by atoms with Gasteiger partial charge in [-0.1, -0.05) is 6.92 Å². The molecule has 1 unspecified atom stereocenters. The van der Waals surface area contributed by atoms with Gasteiger partial charge in [-0.25, -0.2) is 0 Å². The molecule has 4 atom stereocenters. The van der Waals surface area contributed by atoms with E-state index in [1.807, 2.05) is 0 Å². The molecule has 0 amide bonds. The molecule has 2 rings (SSSR count). The first-order chi connectivity index (χ1) is 5.70. The van der Waals surface area contributed by atoms with Crippen LogP contribution >= 0.6 is 0 Å². The summed E-state index contributed by atoms with van der Waals surface area (Å²) in [5.74, 6) is 1.52. The van der Waals surface area contributed by atoms with Crippen LogP contribution in [-0.4, -0.2) is 11.4 Å². The van der Waals surface area contributed by atoms with Gasteiger partial charge in [-0.05, 0) is 37.2 Å². The van der Waals surface area contributed by atoms with Gasteiger partial charge in [-0.3, -0.25) is 0 Å². The Kier molecular flexibility index (Phi) is 1.87. The molecule has 1 saturated carbocycles. The number of ether oxygens (including phenoxy) is 1. The average molecular weight is 168 g/mol. The Hall–Kier alpha value is -0.500. The Bertz CT molecular complexity index is 210. The average Bonchev–Trinajstić information content (AvgIpc) is 2.42. The minimum absolute atomic E-state index is 0.343. The number of allylic oxidation sites excluding steroid dienone is 1. The van der Waals surface area contributed by atoms with Crippen LogP contribution in [0.2, 0.25) is 0 Å². The first-order valence-electron chi connectivity index (χ1n) is 4.70. The minimum atomic E-state index is -0.559. The van der Waals surface area contributed by atoms with Crippen LogP contribution in [0.1, 0.15) is 26.7 Å². The number of fused-ring (bicyclic) bond motifs is 1. The van der Waals surface area contributed by atoms with E-state index in [-0.39, 0.29) is 0 Å². The topological polar surface area (TPSA) is 29.5 Å². The van der Waals surface area contributed by atoms with Crippen LogP contribution in [0.4, 0.5) is 0 Å². The molecular weight excluding hydrogens is 152 g/mol. The molecule has 2 heteroatoms. The summed E-state index contributed by atoms with van der Waals surface area (Å²) in [6.07, 6.45) is 3.61. The van der Waals surface area contributed by atoms with Crippen molar-refractivity contribution in [2.45, 2.75) is 33.0 Å². The molecule has 0 spiro atoms. The predicted octanol–water partition coefficient (Wildman–Crippen LogP) is 1.90. The summed E-state index contributed by atoms with van der Waals surface area (Å²) in [5.41, 5.74) is 1.30. The number of hydrogen-bond acceptors (Lipinski definition) is 2. The van der Waals surface area contributed by atoms with Gasteiger partial charge in [0, 0.05) is 5.92 Å². The van der Waals surface area contributed by atoms with Crippen LogP contribution in [0.25, 0.3) is 0 Å². The quantitative estimate of drug-likeness (QED) is 0.598. The number of aliphatic hydroxyl groups is 1. The third-order valence-electron chi connectivity index (χ3n) is 3.36. The lowest BCUT2D eigenvalue weighted by Gasteiger charge is -2.31. The van der Waals surface area contributed by atoms with Crippen molar-refractivity contribution >= 4 is 0 Å². The van der Waals surface area contributed by atoms with E-state index in [1.54, 1.807) is 6.26 Å². The van der Waals surface area contributed by atoms with Gasteiger partial charge < -0.3 is 9.84 Å². The molecule has 0 aromatic heterocycles. The van der Waals surface area contributed by atoms with Crippen molar-refractivity contribution in [1.82, 2.24) is 0 Å². The van der Waals surface area contributed by atoms with E-state index in [4.69, 9.17) is 4.74 Å².